The Morgan fingerprint density at radius 3 is 2.68 bits per heavy atom. The average Bonchev–Trinajstić information content (AvgIpc) is 3.11. The van der Waals surface area contributed by atoms with E-state index < -0.39 is 15.1 Å². The van der Waals surface area contributed by atoms with Crippen molar-refractivity contribution in [2.75, 3.05) is 0 Å². The quantitative estimate of drug-likeness (QED) is 0.891. The van der Waals surface area contributed by atoms with Crippen molar-refractivity contribution in [3.8, 4) is 0 Å². The first-order valence-corrected chi connectivity index (χ1v) is 8.17. The first-order chi connectivity index (χ1) is 8.88. The first-order valence-electron chi connectivity index (χ1n) is 6.46. The molecule has 0 heterocycles. The molecule has 1 amide bonds. The van der Waals surface area contributed by atoms with E-state index in [0.29, 0.717) is 0 Å². The van der Waals surface area contributed by atoms with E-state index in [1.165, 1.54) is 6.92 Å². The van der Waals surface area contributed by atoms with Crippen LogP contribution in [0.4, 0.5) is 0 Å². The summed E-state index contributed by atoms with van der Waals surface area (Å²) < 4.78 is 24.4. The van der Waals surface area contributed by atoms with Gasteiger partial charge >= 0.3 is 0 Å². The van der Waals surface area contributed by atoms with Crippen molar-refractivity contribution in [1.82, 2.24) is 5.32 Å². The van der Waals surface area contributed by atoms with Gasteiger partial charge in [0.15, 0.2) is 9.84 Å². The van der Waals surface area contributed by atoms with Gasteiger partial charge in [0.1, 0.15) is 5.25 Å². The van der Waals surface area contributed by atoms with Crippen LogP contribution in [0.15, 0.2) is 24.3 Å². The summed E-state index contributed by atoms with van der Waals surface area (Å²) in [5.74, 6) is -0.469. The third-order valence-corrected chi connectivity index (χ3v) is 5.31. The molecule has 5 heteroatoms. The van der Waals surface area contributed by atoms with Gasteiger partial charge in [-0.25, -0.2) is 8.42 Å². The number of carbonyl (C=O) groups excluding carboxylic acids is 1. The molecule has 0 aromatic heterocycles. The molecule has 0 bridgehead atoms. The van der Waals surface area contributed by atoms with Crippen molar-refractivity contribution in [3.63, 3.8) is 0 Å². The fraction of sp³-hybridized carbons (Fsp3) is 0.500. The Morgan fingerprint density at radius 2 is 2.11 bits per heavy atom. The summed E-state index contributed by atoms with van der Waals surface area (Å²) in [6, 6.07) is 7.54. The van der Waals surface area contributed by atoms with Gasteiger partial charge in [0.05, 0.1) is 5.75 Å². The Bertz CT molecular complexity index is 576. The van der Waals surface area contributed by atoms with Crippen LogP contribution in [0.1, 0.15) is 30.9 Å². The van der Waals surface area contributed by atoms with E-state index in [4.69, 9.17) is 0 Å². The zero-order valence-corrected chi connectivity index (χ0v) is 12.0. The summed E-state index contributed by atoms with van der Waals surface area (Å²) in [7, 11) is -3.46. The number of amides is 1. The fourth-order valence-corrected chi connectivity index (χ4v) is 3.16. The third-order valence-electron chi connectivity index (χ3n) is 3.28. The Kier molecular flexibility index (Phi) is 3.94. The van der Waals surface area contributed by atoms with Crippen molar-refractivity contribution in [3.05, 3.63) is 35.4 Å². The van der Waals surface area contributed by atoms with E-state index in [0.717, 1.165) is 24.0 Å². The van der Waals surface area contributed by atoms with Gasteiger partial charge < -0.3 is 5.32 Å². The molecule has 19 heavy (non-hydrogen) atoms. The zero-order valence-electron chi connectivity index (χ0n) is 11.2. The van der Waals surface area contributed by atoms with E-state index in [1.54, 1.807) is 6.07 Å². The molecule has 1 aliphatic rings. The van der Waals surface area contributed by atoms with Crippen LogP contribution < -0.4 is 5.32 Å². The maximum absolute atomic E-state index is 12.2. The Morgan fingerprint density at radius 1 is 1.42 bits per heavy atom. The van der Waals surface area contributed by atoms with Crippen molar-refractivity contribution in [1.29, 1.82) is 0 Å². The molecule has 0 saturated heterocycles. The Hall–Kier alpha value is -1.36. The maximum atomic E-state index is 12.2. The molecule has 0 aliphatic heterocycles. The lowest BCUT2D eigenvalue weighted by Gasteiger charge is -2.13. The number of rotatable bonds is 5. The van der Waals surface area contributed by atoms with Crippen LogP contribution in [-0.2, 0) is 20.4 Å². The minimum Gasteiger partial charge on any atom is -0.352 e. The molecule has 1 unspecified atom stereocenters. The summed E-state index contributed by atoms with van der Waals surface area (Å²) in [5.41, 5.74) is 1.74. The second-order valence-corrected chi connectivity index (χ2v) is 7.54. The molecule has 1 saturated carbocycles. The number of benzene rings is 1. The second-order valence-electron chi connectivity index (χ2n) is 5.22. The minimum atomic E-state index is -3.46. The summed E-state index contributed by atoms with van der Waals surface area (Å²) in [5, 5.41) is 1.75. The third kappa shape index (κ3) is 3.80. The Balaban J connectivity index is 2.06. The molecule has 104 valence electrons. The van der Waals surface area contributed by atoms with Crippen molar-refractivity contribution in [2.45, 2.75) is 43.7 Å². The number of sulfone groups is 1. The van der Waals surface area contributed by atoms with Crippen LogP contribution in [0.25, 0.3) is 0 Å². The molecule has 4 nitrogen and oxygen atoms in total. The predicted octanol–water partition coefficient (Wildman–Crippen LogP) is 1.58. The molecule has 2 rings (SSSR count). The van der Waals surface area contributed by atoms with Gasteiger partial charge in [-0.2, -0.15) is 0 Å². The predicted molar refractivity (Wildman–Crippen MR) is 74.4 cm³/mol. The molecule has 1 atom stereocenters. The molecule has 0 spiro atoms. The van der Waals surface area contributed by atoms with Crippen LogP contribution in [-0.4, -0.2) is 25.6 Å². The van der Waals surface area contributed by atoms with Crippen LogP contribution >= 0.6 is 0 Å². The van der Waals surface area contributed by atoms with E-state index in [9.17, 15) is 13.2 Å². The highest BCUT2D eigenvalue weighted by atomic mass is 32.2. The minimum absolute atomic E-state index is 0.0894. The highest BCUT2D eigenvalue weighted by Gasteiger charge is 2.32. The van der Waals surface area contributed by atoms with Crippen LogP contribution in [0.3, 0.4) is 0 Å². The number of aryl methyl sites for hydroxylation is 1. The SMILES string of the molecule is Cc1cccc(CS(=O)(=O)C(C)C(=O)NC2CC2)c1. The largest absolute Gasteiger partial charge is 0.352 e. The summed E-state index contributed by atoms with van der Waals surface area (Å²) in [6.07, 6.45) is 1.91. The van der Waals surface area contributed by atoms with E-state index in [2.05, 4.69) is 5.32 Å². The standard InChI is InChI=1S/C14H19NO3S/c1-10-4-3-5-12(8-10)9-19(17,18)11(2)14(16)15-13-6-7-13/h3-5,8,11,13H,6-7,9H2,1-2H3,(H,15,16). The van der Waals surface area contributed by atoms with Gasteiger partial charge in [0.2, 0.25) is 5.91 Å². The monoisotopic (exact) mass is 281 g/mol. The van der Waals surface area contributed by atoms with Gasteiger partial charge in [0.25, 0.3) is 0 Å². The molecule has 1 aromatic rings. The number of carbonyl (C=O) groups is 1. The van der Waals surface area contributed by atoms with E-state index in [-0.39, 0.29) is 17.7 Å². The van der Waals surface area contributed by atoms with Crippen molar-refractivity contribution < 1.29 is 13.2 Å². The van der Waals surface area contributed by atoms with Crippen molar-refractivity contribution >= 4 is 15.7 Å². The average molecular weight is 281 g/mol. The summed E-state index contributed by atoms with van der Waals surface area (Å²) in [6.45, 7) is 3.38. The Labute approximate surface area is 114 Å². The molecular weight excluding hydrogens is 262 g/mol. The lowest BCUT2D eigenvalue weighted by molar-refractivity contribution is -0.120. The van der Waals surface area contributed by atoms with Crippen LogP contribution in [0, 0.1) is 6.92 Å². The maximum Gasteiger partial charge on any atom is 0.238 e. The molecule has 1 fully saturated rings. The lowest BCUT2D eigenvalue weighted by Crippen LogP contribution is -2.39. The van der Waals surface area contributed by atoms with Crippen LogP contribution in [0.2, 0.25) is 0 Å². The molecule has 1 N–H and O–H groups in total. The van der Waals surface area contributed by atoms with Crippen molar-refractivity contribution in [2.24, 2.45) is 0 Å². The van der Waals surface area contributed by atoms with Gasteiger partial charge in [0, 0.05) is 6.04 Å². The number of hydrogen-bond donors (Lipinski definition) is 1. The van der Waals surface area contributed by atoms with Gasteiger partial charge in [-0.1, -0.05) is 29.8 Å². The van der Waals surface area contributed by atoms with Gasteiger partial charge in [-0.15, -0.1) is 0 Å². The zero-order chi connectivity index (χ0) is 14.0. The normalized spacial score (nSPS) is 16.9. The topological polar surface area (TPSA) is 63.2 Å². The summed E-state index contributed by atoms with van der Waals surface area (Å²) in [4.78, 5) is 11.8. The highest BCUT2D eigenvalue weighted by molar-refractivity contribution is 7.92. The lowest BCUT2D eigenvalue weighted by atomic mass is 10.2. The molecule has 0 radical (unpaired) electrons. The first kappa shape index (κ1) is 14.1. The summed E-state index contributed by atoms with van der Waals surface area (Å²) >= 11 is 0. The molecule has 1 aliphatic carbocycles. The molecule has 1 aromatic carbocycles. The van der Waals surface area contributed by atoms with Gasteiger partial charge in [-0.05, 0) is 32.3 Å². The van der Waals surface area contributed by atoms with Gasteiger partial charge in [-0.3, -0.25) is 4.79 Å². The van der Waals surface area contributed by atoms with E-state index in [1.807, 2.05) is 25.1 Å². The number of nitrogens with one attached hydrogen (secondary N) is 1. The fourth-order valence-electron chi connectivity index (χ4n) is 1.87. The highest BCUT2D eigenvalue weighted by Crippen LogP contribution is 2.20. The number of hydrogen-bond acceptors (Lipinski definition) is 3. The smallest absolute Gasteiger partial charge is 0.238 e. The second kappa shape index (κ2) is 5.33. The van der Waals surface area contributed by atoms with Crippen LogP contribution in [0.5, 0.6) is 0 Å². The molecular formula is C14H19NO3S. The van der Waals surface area contributed by atoms with E-state index >= 15 is 0 Å².